The van der Waals surface area contributed by atoms with Crippen LogP contribution in [0, 0.1) is 0 Å². The number of rotatable bonds is 7. The minimum Gasteiger partial charge on any atom is -0.351 e. The van der Waals surface area contributed by atoms with Crippen molar-refractivity contribution in [1.82, 2.24) is 25.4 Å². The molecular formula is C19H31Cl2N5O2S. The van der Waals surface area contributed by atoms with Crippen LogP contribution in [0.25, 0.3) is 0 Å². The van der Waals surface area contributed by atoms with Crippen LogP contribution in [0.5, 0.6) is 0 Å². The van der Waals surface area contributed by atoms with Gasteiger partial charge in [-0.15, -0.1) is 24.8 Å². The third-order valence-electron chi connectivity index (χ3n) is 4.99. The van der Waals surface area contributed by atoms with Gasteiger partial charge in [0.2, 0.25) is 5.91 Å². The van der Waals surface area contributed by atoms with Crippen molar-refractivity contribution in [3.63, 3.8) is 0 Å². The van der Waals surface area contributed by atoms with Crippen molar-refractivity contribution in [3.05, 3.63) is 23.9 Å². The molecule has 7 nitrogen and oxygen atoms in total. The molecule has 0 spiro atoms. The van der Waals surface area contributed by atoms with E-state index in [4.69, 9.17) is 0 Å². The summed E-state index contributed by atoms with van der Waals surface area (Å²) in [4.78, 5) is 33.8. The molecule has 1 unspecified atom stereocenters. The van der Waals surface area contributed by atoms with Crippen molar-refractivity contribution in [2.45, 2.75) is 30.0 Å². The van der Waals surface area contributed by atoms with Crippen LogP contribution in [0.1, 0.15) is 30.1 Å². The lowest BCUT2D eigenvalue weighted by molar-refractivity contribution is -0.129. The number of likely N-dealkylation sites (tertiary alicyclic amines) is 1. The maximum absolute atomic E-state index is 12.6. The average Bonchev–Trinajstić information content (AvgIpc) is 3.23. The van der Waals surface area contributed by atoms with Gasteiger partial charge in [0.15, 0.2) is 0 Å². The Labute approximate surface area is 189 Å². The van der Waals surface area contributed by atoms with Gasteiger partial charge in [0.25, 0.3) is 5.91 Å². The van der Waals surface area contributed by atoms with E-state index >= 15 is 0 Å². The molecule has 1 atom stereocenters. The Bertz CT molecular complexity index is 655. The van der Waals surface area contributed by atoms with Gasteiger partial charge < -0.3 is 15.5 Å². The molecule has 29 heavy (non-hydrogen) atoms. The zero-order valence-electron chi connectivity index (χ0n) is 16.8. The predicted molar refractivity (Wildman–Crippen MR) is 122 cm³/mol. The summed E-state index contributed by atoms with van der Waals surface area (Å²) in [5.74, 6) is 0.00905. The van der Waals surface area contributed by atoms with E-state index in [0.717, 1.165) is 58.7 Å². The number of amides is 2. The lowest BCUT2D eigenvalue weighted by Gasteiger charge is -2.27. The van der Waals surface area contributed by atoms with Crippen LogP contribution in [-0.2, 0) is 4.79 Å². The normalized spacial score (nSPS) is 17.8. The van der Waals surface area contributed by atoms with Crippen LogP contribution in [0.2, 0.25) is 0 Å². The fraction of sp³-hybridized carbons (Fsp3) is 0.632. The molecule has 3 rings (SSSR count). The molecule has 1 aromatic heterocycles. The number of aromatic nitrogens is 1. The predicted octanol–water partition coefficient (Wildman–Crippen LogP) is 1.66. The van der Waals surface area contributed by atoms with Crippen molar-refractivity contribution < 1.29 is 9.59 Å². The highest BCUT2D eigenvalue weighted by molar-refractivity contribution is 8.00. The number of pyridine rings is 1. The second-order valence-corrected chi connectivity index (χ2v) is 8.33. The lowest BCUT2D eigenvalue weighted by atomic mass is 10.2. The Hall–Kier alpha value is -1.06. The number of thioether (sulfide) groups is 1. The van der Waals surface area contributed by atoms with Gasteiger partial charge in [0.05, 0.1) is 10.8 Å². The van der Waals surface area contributed by atoms with Gasteiger partial charge in [0.1, 0.15) is 5.03 Å². The second-order valence-electron chi connectivity index (χ2n) is 7.00. The molecule has 10 heteroatoms. The van der Waals surface area contributed by atoms with E-state index in [9.17, 15) is 9.59 Å². The number of halogens is 2. The van der Waals surface area contributed by atoms with Crippen LogP contribution < -0.4 is 10.6 Å². The first kappa shape index (κ1) is 26.0. The molecule has 2 aliphatic heterocycles. The first-order chi connectivity index (χ1) is 13.1. The molecule has 0 bridgehead atoms. The Balaban J connectivity index is 0.00000210. The Morgan fingerprint density at radius 3 is 2.59 bits per heavy atom. The van der Waals surface area contributed by atoms with E-state index < -0.39 is 0 Å². The first-order valence-electron chi connectivity index (χ1n) is 9.77. The minimum absolute atomic E-state index is 0. The summed E-state index contributed by atoms with van der Waals surface area (Å²) >= 11 is 1.37. The molecule has 2 amide bonds. The molecule has 0 aromatic carbocycles. The monoisotopic (exact) mass is 463 g/mol. The molecule has 0 radical (unpaired) electrons. The second kappa shape index (κ2) is 13.3. The average molecular weight is 464 g/mol. The SMILES string of the molecule is CC(Sc1ncccc1C(=O)NCCN1CCNCC1)C(=O)N1CCCC1.Cl.Cl. The van der Waals surface area contributed by atoms with Crippen molar-refractivity contribution in [1.29, 1.82) is 0 Å². The number of nitrogens with zero attached hydrogens (tertiary/aromatic N) is 3. The molecular weight excluding hydrogens is 433 g/mol. The van der Waals surface area contributed by atoms with Gasteiger partial charge in [-0.1, -0.05) is 11.8 Å². The Morgan fingerprint density at radius 1 is 1.21 bits per heavy atom. The Morgan fingerprint density at radius 2 is 1.90 bits per heavy atom. The number of piperazine rings is 1. The summed E-state index contributed by atoms with van der Waals surface area (Å²) in [6.45, 7) is 9.06. The van der Waals surface area contributed by atoms with E-state index in [1.54, 1.807) is 18.3 Å². The van der Waals surface area contributed by atoms with E-state index in [2.05, 4.69) is 20.5 Å². The van der Waals surface area contributed by atoms with Crippen LogP contribution >= 0.6 is 36.6 Å². The van der Waals surface area contributed by atoms with Crippen LogP contribution in [0.4, 0.5) is 0 Å². The van der Waals surface area contributed by atoms with Gasteiger partial charge in [-0.05, 0) is 31.9 Å². The molecule has 164 valence electrons. The van der Waals surface area contributed by atoms with Crippen LogP contribution in [0.3, 0.4) is 0 Å². The highest BCUT2D eigenvalue weighted by atomic mass is 35.5. The lowest BCUT2D eigenvalue weighted by Crippen LogP contribution is -2.46. The molecule has 2 fully saturated rings. The van der Waals surface area contributed by atoms with E-state index in [0.29, 0.717) is 17.1 Å². The third-order valence-corrected chi connectivity index (χ3v) is 6.10. The Kier molecular flexibility index (Phi) is 11.9. The van der Waals surface area contributed by atoms with E-state index in [1.165, 1.54) is 11.8 Å². The van der Waals surface area contributed by atoms with Gasteiger partial charge in [-0.3, -0.25) is 14.5 Å². The third kappa shape index (κ3) is 7.61. The maximum atomic E-state index is 12.6. The minimum atomic E-state index is -0.245. The topological polar surface area (TPSA) is 77.6 Å². The molecule has 0 aliphatic carbocycles. The highest BCUT2D eigenvalue weighted by Gasteiger charge is 2.25. The van der Waals surface area contributed by atoms with Gasteiger partial charge in [-0.25, -0.2) is 4.98 Å². The van der Waals surface area contributed by atoms with Crippen molar-refractivity contribution in [2.24, 2.45) is 0 Å². The number of carbonyl (C=O) groups is 2. The summed E-state index contributed by atoms with van der Waals surface area (Å²) in [5, 5.41) is 6.70. The quantitative estimate of drug-likeness (QED) is 0.598. The summed E-state index contributed by atoms with van der Waals surface area (Å²) in [6.07, 6.45) is 3.83. The highest BCUT2D eigenvalue weighted by Crippen LogP contribution is 2.26. The van der Waals surface area contributed by atoms with Crippen molar-refractivity contribution >= 4 is 48.4 Å². The van der Waals surface area contributed by atoms with Crippen LogP contribution in [0.15, 0.2) is 23.4 Å². The summed E-state index contributed by atoms with van der Waals surface area (Å²) in [7, 11) is 0. The van der Waals surface area contributed by atoms with E-state index in [-0.39, 0.29) is 41.9 Å². The molecule has 0 saturated carbocycles. The van der Waals surface area contributed by atoms with Gasteiger partial charge in [0, 0.05) is 58.6 Å². The number of hydrogen-bond acceptors (Lipinski definition) is 6. The summed E-state index contributed by atoms with van der Waals surface area (Å²) < 4.78 is 0. The van der Waals surface area contributed by atoms with Crippen molar-refractivity contribution in [2.75, 3.05) is 52.4 Å². The van der Waals surface area contributed by atoms with Gasteiger partial charge in [-0.2, -0.15) is 0 Å². The molecule has 3 heterocycles. The maximum Gasteiger partial charge on any atom is 0.254 e. The fourth-order valence-electron chi connectivity index (χ4n) is 3.43. The number of nitrogens with one attached hydrogen (secondary N) is 2. The molecule has 2 aliphatic rings. The zero-order chi connectivity index (χ0) is 19.1. The van der Waals surface area contributed by atoms with Crippen molar-refractivity contribution in [3.8, 4) is 0 Å². The largest absolute Gasteiger partial charge is 0.351 e. The summed E-state index contributed by atoms with van der Waals surface area (Å²) in [6, 6.07) is 3.55. The number of hydrogen-bond donors (Lipinski definition) is 2. The first-order valence-corrected chi connectivity index (χ1v) is 10.6. The fourth-order valence-corrected chi connectivity index (χ4v) is 4.42. The smallest absolute Gasteiger partial charge is 0.254 e. The van der Waals surface area contributed by atoms with E-state index in [1.807, 2.05) is 11.8 Å². The number of carbonyl (C=O) groups excluding carboxylic acids is 2. The summed E-state index contributed by atoms with van der Waals surface area (Å²) in [5.41, 5.74) is 0.545. The zero-order valence-corrected chi connectivity index (χ0v) is 19.2. The molecule has 2 saturated heterocycles. The van der Waals surface area contributed by atoms with Gasteiger partial charge >= 0.3 is 0 Å². The van der Waals surface area contributed by atoms with Crippen LogP contribution in [-0.4, -0.2) is 84.2 Å². The molecule has 1 aromatic rings. The molecule has 2 N–H and O–H groups in total. The standard InChI is InChI=1S/C19H29N5O2S.2ClH/c1-15(19(26)24-10-2-3-11-24)27-18-16(5-4-6-22-18)17(25)21-9-14-23-12-7-20-8-13-23;;/h4-6,15,20H,2-3,7-14H2,1H3,(H,21,25);2*1H.